The van der Waals surface area contributed by atoms with Crippen LogP contribution in [0.25, 0.3) is 0 Å². The molecule has 1 aromatic rings. The molecule has 0 atom stereocenters. The van der Waals surface area contributed by atoms with E-state index in [1.54, 1.807) is 0 Å². The fraction of sp³-hybridized carbons (Fsp3) is 0.688. The second-order valence-electron chi connectivity index (χ2n) is 5.83. The van der Waals surface area contributed by atoms with Gasteiger partial charge in [-0.25, -0.2) is 4.98 Å². The summed E-state index contributed by atoms with van der Waals surface area (Å²) in [4.78, 5) is 7.08. The molecule has 1 aliphatic carbocycles. The van der Waals surface area contributed by atoms with E-state index in [2.05, 4.69) is 49.3 Å². The van der Waals surface area contributed by atoms with Crippen molar-refractivity contribution < 1.29 is 0 Å². The number of hydrogen-bond acceptors (Lipinski definition) is 3. The van der Waals surface area contributed by atoms with Crippen molar-refractivity contribution in [3.05, 3.63) is 18.2 Å². The lowest BCUT2D eigenvalue weighted by Gasteiger charge is -2.34. The monoisotopic (exact) mass is 261 g/mol. The van der Waals surface area contributed by atoms with Crippen molar-refractivity contribution in [3.63, 3.8) is 0 Å². The van der Waals surface area contributed by atoms with Crippen LogP contribution in [0.4, 0.5) is 11.6 Å². The zero-order chi connectivity index (χ0) is 13.7. The predicted octanol–water partition coefficient (Wildman–Crippen LogP) is 3.92. The SMILES string of the molecule is CCCNc1cccc(N(C)C2CCC(C)CC2)n1. The van der Waals surface area contributed by atoms with Crippen LogP contribution in [0.5, 0.6) is 0 Å². The topological polar surface area (TPSA) is 28.2 Å². The largest absolute Gasteiger partial charge is 0.370 e. The van der Waals surface area contributed by atoms with Crippen LogP contribution >= 0.6 is 0 Å². The molecule has 0 saturated heterocycles. The van der Waals surface area contributed by atoms with Crippen molar-refractivity contribution in [1.29, 1.82) is 0 Å². The molecule has 0 amide bonds. The van der Waals surface area contributed by atoms with Gasteiger partial charge in [0.15, 0.2) is 0 Å². The summed E-state index contributed by atoms with van der Waals surface area (Å²) in [6.07, 6.45) is 6.42. The first kappa shape index (κ1) is 14.2. The summed E-state index contributed by atoms with van der Waals surface area (Å²) in [5.74, 6) is 2.99. The van der Waals surface area contributed by atoms with Crippen molar-refractivity contribution in [3.8, 4) is 0 Å². The van der Waals surface area contributed by atoms with Gasteiger partial charge in [0, 0.05) is 19.6 Å². The molecule has 0 aliphatic heterocycles. The van der Waals surface area contributed by atoms with Crippen LogP contribution in [0.3, 0.4) is 0 Å². The summed E-state index contributed by atoms with van der Waals surface area (Å²) in [6, 6.07) is 6.93. The van der Waals surface area contributed by atoms with E-state index < -0.39 is 0 Å². The molecule has 0 aromatic carbocycles. The highest BCUT2D eigenvalue weighted by molar-refractivity contribution is 5.47. The Labute approximate surface area is 117 Å². The Kier molecular flexibility index (Phi) is 5.06. The molecule has 3 nitrogen and oxygen atoms in total. The Hall–Kier alpha value is -1.25. The van der Waals surface area contributed by atoms with Gasteiger partial charge in [0.1, 0.15) is 11.6 Å². The number of nitrogens with zero attached hydrogens (tertiary/aromatic N) is 2. The van der Waals surface area contributed by atoms with Gasteiger partial charge in [-0.05, 0) is 50.2 Å². The van der Waals surface area contributed by atoms with Crippen LogP contribution in [0.2, 0.25) is 0 Å². The van der Waals surface area contributed by atoms with Crippen molar-refractivity contribution in [1.82, 2.24) is 4.98 Å². The summed E-state index contributed by atoms with van der Waals surface area (Å²) >= 11 is 0. The van der Waals surface area contributed by atoms with Gasteiger partial charge in [-0.2, -0.15) is 0 Å². The van der Waals surface area contributed by atoms with E-state index in [-0.39, 0.29) is 0 Å². The van der Waals surface area contributed by atoms with Crippen LogP contribution < -0.4 is 10.2 Å². The van der Waals surface area contributed by atoms with E-state index in [0.29, 0.717) is 6.04 Å². The minimum Gasteiger partial charge on any atom is -0.370 e. The van der Waals surface area contributed by atoms with E-state index in [1.165, 1.54) is 25.7 Å². The van der Waals surface area contributed by atoms with Crippen LogP contribution in [0, 0.1) is 5.92 Å². The maximum atomic E-state index is 4.72. The van der Waals surface area contributed by atoms with Crippen LogP contribution in [0.1, 0.15) is 46.0 Å². The Morgan fingerprint density at radius 1 is 1.26 bits per heavy atom. The van der Waals surface area contributed by atoms with E-state index in [1.807, 2.05) is 0 Å². The second-order valence-corrected chi connectivity index (χ2v) is 5.83. The van der Waals surface area contributed by atoms with Gasteiger partial charge in [-0.1, -0.05) is 19.9 Å². The fourth-order valence-electron chi connectivity index (χ4n) is 2.79. The van der Waals surface area contributed by atoms with E-state index in [0.717, 1.165) is 30.5 Å². The molecule has 106 valence electrons. The third kappa shape index (κ3) is 3.85. The molecule has 1 saturated carbocycles. The number of hydrogen-bond donors (Lipinski definition) is 1. The van der Waals surface area contributed by atoms with Crippen LogP contribution in [-0.2, 0) is 0 Å². The first-order chi connectivity index (χ1) is 9.20. The lowest BCUT2D eigenvalue weighted by molar-refractivity contribution is 0.340. The molecular weight excluding hydrogens is 234 g/mol. The highest BCUT2D eigenvalue weighted by atomic mass is 15.2. The van der Waals surface area contributed by atoms with E-state index in [4.69, 9.17) is 4.98 Å². The first-order valence-electron chi connectivity index (χ1n) is 7.64. The molecular formula is C16H27N3. The molecule has 1 aliphatic rings. The number of pyridine rings is 1. The quantitative estimate of drug-likeness (QED) is 0.870. The normalized spacial score (nSPS) is 23.1. The second kappa shape index (κ2) is 6.78. The molecule has 2 rings (SSSR count). The summed E-state index contributed by atoms with van der Waals surface area (Å²) < 4.78 is 0. The van der Waals surface area contributed by atoms with Gasteiger partial charge >= 0.3 is 0 Å². The zero-order valence-electron chi connectivity index (χ0n) is 12.5. The summed E-state index contributed by atoms with van der Waals surface area (Å²) in [7, 11) is 2.19. The predicted molar refractivity (Wildman–Crippen MR) is 82.8 cm³/mol. The van der Waals surface area contributed by atoms with Gasteiger partial charge in [0.05, 0.1) is 0 Å². The number of anilines is 2. The molecule has 19 heavy (non-hydrogen) atoms. The molecule has 1 fully saturated rings. The molecule has 0 radical (unpaired) electrons. The zero-order valence-corrected chi connectivity index (χ0v) is 12.5. The van der Waals surface area contributed by atoms with Crippen molar-refractivity contribution in [2.24, 2.45) is 5.92 Å². The number of rotatable bonds is 5. The summed E-state index contributed by atoms with van der Waals surface area (Å²) in [5.41, 5.74) is 0. The standard InChI is InChI=1S/C16H27N3/c1-4-12-17-15-6-5-7-16(18-15)19(3)14-10-8-13(2)9-11-14/h5-7,13-14H,4,8-12H2,1-3H3,(H,17,18). The molecule has 0 unspecified atom stereocenters. The lowest BCUT2D eigenvalue weighted by atomic mass is 9.87. The van der Waals surface area contributed by atoms with Crippen LogP contribution in [-0.4, -0.2) is 24.6 Å². The number of nitrogens with one attached hydrogen (secondary N) is 1. The van der Waals surface area contributed by atoms with E-state index in [9.17, 15) is 0 Å². The molecule has 0 bridgehead atoms. The lowest BCUT2D eigenvalue weighted by Crippen LogP contribution is -2.35. The van der Waals surface area contributed by atoms with Gasteiger partial charge in [-0.3, -0.25) is 0 Å². The minimum atomic E-state index is 0.658. The maximum Gasteiger partial charge on any atom is 0.130 e. The molecule has 0 spiro atoms. The van der Waals surface area contributed by atoms with Gasteiger partial charge < -0.3 is 10.2 Å². The van der Waals surface area contributed by atoms with Crippen molar-refractivity contribution in [2.75, 3.05) is 23.8 Å². The van der Waals surface area contributed by atoms with Crippen LogP contribution in [0.15, 0.2) is 18.2 Å². The smallest absolute Gasteiger partial charge is 0.130 e. The Morgan fingerprint density at radius 3 is 2.68 bits per heavy atom. The number of aromatic nitrogens is 1. The molecule has 3 heteroatoms. The third-order valence-corrected chi connectivity index (χ3v) is 4.18. The van der Waals surface area contributed by atoms with Gasteiger partial charge in [-0.15, -0.1) is 0 Å². The van der Waals surface area contributed by atoms with Gasteiger partial charge in [0.2, 0.25) is 0 Å². The third-order valence-electron chi connectivity index (χ3n) is 4.18. The van der Waals surface area contributed by atoms with E-state index >= 15 is 0 Å². The highest BCUT2D eigenvalue weighted by Gasteiger charge is 2.22. The maximum absolute atomic E-state index is 4.72. The van der Waals surface area contributed by atoms with Crippen molar-refractivity contribution in [2.45, 2.75) is 52.0 Å². The summed E-state index contributed by atoms with van der Waals surface area (Å²) in [5, 5.41) is 3.36. The minimum absolute atomic E-state index is 0.658. The molecule has 1 N–H and O–H groups in total. The first-order valence-corrected chi connectivity index (χ1v) is 7.64. The van der Waals surface area contributed by atoms with Gasteiger partial charge in [0.25, 0.3) is 0 Å². The summed E-state index contributed by atoms with van der Waals surface area (Å²) in [6.45, 7) is 5.52. The molecule has 1 heterocycles. The average molecular weight is 261 g/mol. The average Bonchev–Trinajstić information content (AvgIpc) is 2.45. The highest BCUT2D eigenvalue weighted by Crippen LogP contribution is 2.28. The molecule has 1 aromatic heterocycles. The fourth-order valence-corrected chi connectivity index (χ4v) is 2.79. The van der Waals surface area contributed by atoms with Crippen molar-refractivity contribution >= 4 is 11.6 Å². The Morgan fingerprint density at radius 2 is 2.00 bits per heavy atom. The Bertz CT molecular complexity index is 383. The Balaban J connectivity index is 1.99.